The molecule has 1 unspecified atom stereocenters. The van der Waals surface area contributed by atoms with E-state index < -0.39 is 12.0 Å². The number of allylic oxidation sites excluding steroid dienone is 2. The van der Waals surface area contributed by atoms with Crippen molar-refractivity contribution in [2.24, 2.45) is 4.99 Å². The van der Waals surface area contributed by atoms with Crippen LogP contribution < -0.4 is 34.7 Å². The number of aliphatic hydroxyl groups excluding tert-OH is 1. The second kappa shape index (κ2) is 15.5. The number of aliphatic hydroxyl groups is 1. The first-order valence-electron chi connectivity index (χ1n) is 7.46. The number of unbranched alkanes of at least 4 members (excludes halogenated alkanes) is 1. The minimum Gasteiger partial charge on any atom is -0.862 e. The van der Waals surface area contributed by atoms with Gasteiger partial charge >= 0.3 is 35.5 Å². The van der Waals surface area contributed by atoms with E-state index in [0.29, 0.717) is 19.4 Å². The van der Waals surface area contributed by atoms with Crippen LogP contribution in [0.25, 0.3) is 0 Å². The Morgan fingerprint density at radius 3 is 2.59 bits per heavy atom. The summed E-state index contributed by atoms with van der Waals surface area (Å²) in [4.78, 5) is 16.5. The number of carboxylic acid groups (broad SMARTS) is 1. The van der Waals surface area contributed by atoms with Crippen LogP contribution in [0.5, 0.6) is 0 Å². The molecule has 0 aromatic heterocycles. The molecule has 0 aromatic rings. The molecular weight excluding hydrogens is 295 g/mol. The zero-order valence-electron chi connectivity index (χ0n) is 14.0. The molecule has 0 spiro atoms. The number of aliphatic imine (C=N–C) groups is 1. The van der Waals surface area contributed by atoms with E-state index in [2.05, 4.69) is 18.0 Å². The fourth-order valence-electron chi connectivity index (χ4n) is 1.72. The summed E-state index contributed by atoms with van der Waals surface area (Å²) in [5.74, 6) is -1.16. The Morgan fingerprint density at radius 2 is 2.05 bits per heavy atom. The maximum atomic E-state index is 11.6. The molecule has 2 N–H and O–H groups in total. The van der Waals surface area contributed by atoms with Crippen LogP contribution in [0.4, 0.5) is 0 Å². The number of carbonyl (C=O) groups is 1. The molecule has 7 heteroatoms. The molecule has 122 valence electrons. The summed E-state index contributed by atoms with van der Waals surface area (Å²) in [6.07, 6.45) is 7.55. The number of carboxylic acids is 1. The summed E-state index contributed by atoms with van der Waals surface area (Å²) in [6, 6.07) is -0.722. The van der Waals surface area contributed by atoms with Gasteiger partial charge in [0, 0.05) is 13.2 Å². The van der Waals surface area contributed by atoms with Crippen molar-refractivity contribution >= 4 is 11.9 Å². The topological polar surface area (TPSA) is 96.2 Å². The Morgan fingerprint density at radius 1 is 1.36 bits per heavy atom. The minimum absolute atomic E-state index is 0. The van der Waals surface area contributed by atoms with E-state index in [1.165, 1.54) is 0 Å². The van der Waals surface area contributed by atoms with E-state index in [-0.39, 0.29) is 48.7 Å². The fourth-order valence-corrected chi connectivity index (χ4v) is 1.72. The van der Waals surface area contributed by atoms with Crippen LogP contribution in [-0.4, -0.2) is 52.8 Å². The Balaban J connectivity index is 0. The third-order valence-corrected chi connectivity index (χ3v) is 3.10. The SMILES string of the molecule is CC/C=C/CCCC([O-])=NCN(CCCO)C(C)C(=O)O.[Na+]. The van der Waals surface area contributed by atoms with E-state index >= 15 is 0 Å². The number of hydrogen-bond acceptors (Lipinski definition) is 5. The van der Waals surface area contributed by atoms with Gasteiger partial charge in [0.1, 0.15) is 6.04 Å². The molecule has 1 atom stereocenters. The van der Waals surface area contributed by atoms with Crippen LogP contribution in [0.15, 0.2) is 17.1 Å². The van der Waals surface area contributed by atoms with Crippen molar-refractivity contribution in [1.82, 2.24) is 4.90 Å². The van der Waals surface area contributed by atoms with Gasteiger partial charge in [0.05, 0.1) is 6.67 Å². The first-order valence-corrected chi connectivity index (χ1v) is 7.46. The smallest absolute Gasteiger partial charge is 0.862 e. The van der Waals surface area contributed by atoms with E-state index in [0.717, 1.165) is 19.3 Å². The predicted molar refractivity (Wildman–Crippen MR) is 81.1 cm³/mol. The Kier molecular flexibility index (Phi) is 16.8. The Hall–Kier alpha value is -0.400. The van der Waals surface area contributed by atoms with Gasteiger partial charge < -0.3 is 15.3 Å². The second-order valence-corrected chi connectivity index (χ2v) is 4.87. The monoisotopic (exact) mass is 322 g/mol. The van der Waals surface area contributed by atoms with Crippen LogP contribution in [-0.2, 0) is 4.79 Å². The third-order valence-electron chi connectivity index (χ3n) is 3.10. The molecule has 0 bridgehead atoms. The van der Waals surface area contributed by atoms with Crippen molar-refractivity contribution in [3.05, 3.63) is 12.2 Å². The van der Waals surface area contributed by atoms with Gasteiger partial charge in [-0.3, -0.25) is 14.7 Å². The van der Waals surface area contributed by atoms with Gasteiger partial charge in [-0.05, 0) is 44.9 Å². The molecule has 0 radical (unpaired) electrons. The summed E-state index contributed by atoms with van der Waals surface area (Å²) in [5.41, 5.74) is 0. The van der Waals surface area contributed by atoms with E-state index in [1.54, 1.807) is 11.8 Å². The van der Waals surface area contributed by atoms with Crippen LogP contribution in [0.1, 0.15) is 46.0 Å². The molecule has 0 aliphatic carbocycles. The number of hydrogen-bond donors (Lipinski definition) is 2. The van der Waals surface area contributed by atoms with Crippen molar-refractivity contribution in [2.45, 2.75) is 52.0 Å². The van der Waals surface area contributed by atoms with Crippen LogP contribution in [0.3, 0.4) is 0 Å². The van der Waals surface area contributed by atoms with Gasteiger partial charge in [-0.15, -0.1) is 0 Å². The molecule has 0 saturated carbocycles. The van der Waals surface area contributed by atoms with E-state index in [9.17, 15) is 9.90 Å². The zero-order valence-corrected chi connectivity index (χ0v) is 16.0. The molecule has 0 saturated heterocycles. The molecule has 0 rings (SSSR count). The Labute approximate surface area is 155 Å². The molecule has 0 aliphatic rings. The second-order valence-electron chi connectivity index (χ2n) is 4.87. The predicted octanol–water partition coefficient (Wildman–Crippen LogP) is -2.00. The van der Waals surface area contributed by atoms with Crippen LogP contribution in [0, 0.1) is 0 Å². The largest absolute Gasteiger partial charge is 1.00 e. The minimum atomic E-state index is -0.958. The molecule has 0 fully saturated rings. The average molecular weight is 322 g/mol. The number of nitrogens with zero attached hydrogens (tertiary/aromatic N) is 2. The molecule has 0 aliphatic heterocycles. The Bertz CT molecular complexity index is 348. The van der Waals surface area contributed by atoms with Gasteiger partial charge in [0.2, 0.25) is 0 Å². The van der Waals surface area contributed by atoms with Crippen molar-refractivity contribution in [2.75, 3.05) is 19.8 Å². The first kappa shape index (κ1) is 23.9. The van der Waals surface area contributed by atoms with Crippen molar-refractivity contribution in [1.29, 1.82) is 0 Å². The molecule has 6 nitrogen and oxygen atoms in total. The van der Waals surface area contributed by atoms with Crippen LogP contribution in [0.2, 0.25) is 0 Å². The molecule has 0 amide bonds. The number of aliphatic carboxylic acids is 1. The molecular formula is C15H27N2NaO4. The normalized spacial score (nSPS) is 13.4. The summed E-state index contributed by atoms with van der Waals surface area (Å²) in [7, 11) is 0. The maximum Gasteiger partial charge on any atom is 1.00 e. The quantitative estimate of drug-likeness (QED) is 0.142. The van der Waals surface area contributed by atoms with Gasteiger partial charge in [-0.2, -0.15) is 0 Å². The summed E-state index contributed by atoms with van der Waals surface area (Å²) in [5, 5.41) is 29.5. The standard InChI is InChI=1S/C15H28N2O4.Na/c1-3-4-5-6-7-9-14(19)16-12-17(10-8-11-18)13(2)15(20)21;/h4-5,13,18H,3,6-12H2,1-2H3,(H,16,19)(H,20,21);/q;+1/p-1/b5-4+;. The average Bonchev–Trinajstić information content (AvgIpc) is 2.46. The molecule has 22 heavy (non-hydrogen) atoms. The number of rotatable bonds is 12. The van der Waals surface area contributed by atoms with Crippen LogP contribution >= 0.6 is 0 Å². The third kappa shape index (κ3) is 12.2. The van der Waals surface area contributed by atoms with E-state index in [1.807, 2.05) is 6.08 Å². The van der Waals surface area contributed by atoms with E-state index in [4.69, 9.17) is 10.2 Å². The summed E-state index contributed by atoms with van der Waals surface area (Å²) in [6.45, 7) is 4.06. The fraction of sp³-hybridized carbons (Fsp3) is 0.733. The van der Waals surface area contributed by atoms with Crippen molar-refractivity contribution in [3.8, 4) is 0 Å². The van der Waals surface area contributed by atoms with Crippen molar-refractivity contribution < 1.29 is 49.7 Å². The van der Waals surface area contributed by atoms with Gasteiger partial charge in [0.25, 0.3) is 0 Å². The molecule has 0 aromatic carbocycles. The summed E-state index contributed by atoms with van der Waals surface area (Å²) < 4.78 is 0. The maximum absolute atomic E-state index is 11.6. The van der Waals surface area contributed by atoms with Gasteiger partial charge in [-0.25, -0.2) is 0 Å². The van der Waals surface area contributed by atoms with Crippen molar-refractivity contribution in [3.63, 3.8) is 0 Å². The first-order chi connectivity index (χ1) is 10.0. The summed E-state index contributed by atoms with van der Waals surface area (Å²) >= 11 is 0. The van der Waals surface area contributed by atoms with Gasteiger partial charge in [0.15, 0.2) is 0 Å². The zero-order chi connectivity index (χ0) is 16.1. The molecule has 0 heterocycles. The van der Waals surface area contributed by atoms with Gasteiger partial charge in [-0.1, -0.05) is 19.1 Å².